The van der Waals surface area contributed by atoms with E-state index in [1.807, 2.05) is 24.3 Å². The molecule has 0 bridgehead atoms. The van der Waals surface area contributed by atoms with Gasteiger partial charge in [0.05, 0.1) is 16.3 Å². The molecule has 0 aliphatic carbocycles. The number of aliphatic imine (C=N–C) groups is 1. The predicted molar refractivity (Wildman–Crippen MR) is 86.0 cm³/mol. The molecule has 0 fully saturated rings. The van der Waals surface area contributed by atoms with E-state index in [2.05, 4.69) is 20.5 Å². The van der Waals surface area contributed by atoms with Crippen LogP contribution in [0.2, 0.25) is 5.02 Å². The minimum absolute atomic E-state index is 0.00164. The van der Waals surface area contributed by atoms with Crippen molar-refractivity contribution in [2.45, 2.75) is 0 Å². The molecule has 4 rings (SSSR count). The van der Waals surface area contributed by atoms with Crippen LogP contribution in [0.5, 0.6) is 0 Å². The molecule has 0 spiro atoms. The van der Waals surface area contributed by atoms with E-state index in [1.165, 1.54) is 0 Å². The van der Waals surface area contributed by atoms with Crippen LogP contribution < -0.4 is 5.32 Å². The summed E-state index contributed by atoms with van der Waals surface area (Å²) in [6, 6.07) is 14.4. The van der Waals surface area contributed by atoms with Crippen molar-refractivity contribution in [1.82, 2.24) is 10.2 Å². The molecule has 0 saturated carbocycles. The van der Waals surface area contributed by atoms with Gasteiger partial charge in [0, 0.05) is 5.56 Å². The summed E-state index contributed by atoms with van der Waals surface area (Å²) in [5, 5.41) is 11.0. The number of nitrogens with one attached hydrogen (secondary N) is 1. The van der Waals surface area contributed by atoms with E-state index in [4.69, 9.17) is 16.0 Å². The Morgan fingerprint density at radius 3 is 2.57 bits per heavy atom. The van der Waals surface area contributed by atoms with Gasteiger partial charge in [-0.2, -0.15) is 4.99 Å². The average Bonchev–Trinajstić information content (AvgIpc) is 3.14. The fourth-order valence-electron chi connectivity index (χ4n) is 2.31. The lowest BCUT2D eigenvalue weighted by molar-refractivity contribution is -0.110. The molecule has 1 aliphatic heterocycles. The van der Waals surface area contributed by atoms with Crippen LogP contribution in [-0.2, 0) is 4.79 Å². The number of rotatable bonds is 2. The highest BCUT2D eigenvalue weighted by molar-refractivity contribution is 6.54. The quantitative estimate of drug-likeness (QED) is 0.782. The van der Waals surface area contributed by atoms with Gasteiger partial charge in [0.2, 0.25) is 0 Å². The molecule has 0 atom stereocenters. The van der Waals surface area contributed by atoms with E-state index >= 15 is 0 Å². The number of carbonyl (C=O) groups excluding carboxylic acids is 1. The first-order valence-corrected chi connectivity index (χ1v) is 7.18. The van der Waals surface area contributed by atoms with Crippen LogP contribution in [0.3, 0.4) is 0 Å². The number of carbonyl (C=O) groups is 1. The fourth-order valence-corrected chi connectivity index (χ4v) is 2.53. The van der Waals surface area contributed by atoms with Gasteiger partial charge in [-0.1, -0.05) is 47.0 Å². The highest BCUT2D eigenvalue weighted by atomic mass is 35.5. The monoisotopic (exact) mass is 324 g/mol. The summed E-state index contributed by atoms with van der Waals surface area (Å²) in [6.45, 7) is 0. The Morgan fingerprint density at radius 2 is 1.74 bits per heavy atom. The molecule has 2 aromatic carbocycles. The topological polar surface area (TPSA) is 80.4 Å². The fraction of sp³-hybridized carbons (Fsp3) is 0. The van der Waals surface area contributed by atoms with Crippen molar-refractivity contribution >= 4 is 34.9 Å². The molecule has 0 unspecified atom stereocenters. The molecule has 1 aromatic heterocycles. The van der Waals surface area contributed by atoms with Gasteiger partial charge in [-0.3, -0.25) is 4.79 Å². The van der Waals surface area contributed by atoms with Crippen LogP contribution in [0.4, 0.5) is 11.7 Å². The van der Waals surface area contributed by atoms with E-state index in [9.17, 15) is 4.79 Å². The maximum atomic E-state index is 12.0. The van der Waals surface area contributed by atoms with Crippen molar-refractivity contribution in [3.05, 3.63) is 59.1 Å². The number of amides is 1. The Bertz CT molecular complexity index is 949. The number of para-hydroxylation sites is 1. The second-order valence-electron chi connectivity index (χ2n) is 4.83. The Balaban J connectivity index is 1.74. The zero-order valence-corrected chi connectivity index (χ0v) is 12.4. The molecule has 112 valence electrons. The molecule has 0 radical (unpaired) electrons. The maximum absolute atomic E-state index is 12.0. The van der Waals surface area contributed by atoms with Gasteiger partial charge in [-0.05, 0) is 18.2 Å². The molecular formula is C16H9ClN4O2. The van der Waals surface area contributed by atoms with Crippen molar-refractivity contribution in [2.75, 3.05) is 5.32 Å². The largest absolute Gasteiger partial charge is 0.402 e. The van der Waals surface area contributed by atoms with E-state index in [0.717, 1.165) is 0 Å². The molecule has 6 nitrogen and oxygen atoms in total. The van der Waals surface area contributed by atoms with E-state index < -0.39 is 0 Å². The van der Waals surface area contributed by atoms with Gasteiger partial charge in [-0.15, -0.1) is 5.10 Å². The Kier molecular flexibility index (Phi) is 3.17. The van der Waals surface area contributed by atoms with Crippen LogP contribution in [-0.4, -0.2) is 21.8 Å². The summed E-state index contributed by atoms with van der Waals surface area (Å²) in [6.07, 6.45) is 0. The molecule has 7 heteroatoms. The first kappa shape index (κ1) is 13.7. The summed E-state index contributed by atoms with van der Waals surface area (Å²) in [7, 11) is 0. The number of halogens is 1. The molecular weight excluding hydrogens is 316 g/mol. The van der Waals surface area contributed by atoms with Gasteiger partial charge >= 0.3 is 6.01 Å². The second-order valence-corrected chi connectivity index (χ2v) is 5.24. The van der Waals surface area contributed by atoms with Crippen molar-refractivity contribution in [2.24, 2.45) is 4.99 Å². The minimum atomic E-state index is -0.302. The summed E-state index contributed by atoms with van der Waals surface area (Å²) in [5.74, 6) is -0.0506. The first-order valence-electron chi connectivity index (χ1n) is 6.80. The molecule has 1 N–H and O–H groups in total. The predicted octanol–water partition coefficient (Wildman–Crippen LogP) is 3.46. The average molecular weight is 325 g/mol. The molecule has 23 heavy (non-hydrogen) atoms. The number of aromatic nitrogens is 2. The highest BCUT2D eigenvalue weighted by Gasteiger charge is 2.26. The van der Waals surface area contributed by atoms with Crippen molar-refractivity contribution < 1.29 is 9.21 Å². The number of anilines is 1. The van der Waals surface area contributed by atoms with Crippen molar-refractivity contribution in [3.8, 4) is 11.5 Å². The Morgan fingerprint density at radius 1 is 1.00 bits per heavy atom. The summed E-state index contributed by atoms with van der Waals surface area (Å²) in [5.41, 5.74) is 2.27. The maximum Gasteiger partial charge on any atom is 0.343 e. The Hall–Kier alpha value is -2.99. The van der Waals surface area contributed by atoms with Gasteiger partial charge in [-0.25, -0.2) is 0 Å². The SMILES string of the molecule is O=C1Nc2ccccc2/C1=N\c1nnc(-c2ccccc2Cl)o1. The van der Waals surface area contributed by atoms with Crippen LogP contribution in [0.1, 0.15) is 5.56 Å². The number of hydrogen-bond donors (Lipinski definition) is 1. The smallest absolute Gasteiger partial charge is 0.343 e. The number of hydrogen-bond acceptors (Lipinski definition) is 5. The van der Waals surface area contributed by atoms with Crippen LogP contribution in [0.25, 0.3) is 11.5 Å². The van der Waals surface area contributed by atoms with Crippen LogP contribution >= 0.6 is 11.6 Å². The van der Waals surface area contributed by atoms with Crippen LogP contribution in [0.15, 0.2) is 57.9 Å². The molecule has 1 amide bonds. The zero-order valence-electron chi connectivity index (χ0n) is 11.7. The molecule has 1 aliphatic rings. The van der Waals surface area contributed by atoms with E-state index in [1.54, 1.807) is 24.3 Å². The third kappa shape index (κ3) is 2.39. The van der Waals surface area contributed by atoms with Gasteiger partial charge in [0.25, 0.3) is 11.8 Å². The minimum Gasteiger partial charge on any atom is -0.402 e. The third-order valence-electron chi connectivity index (χ3n) is 3.37. The lowest BCUT2D eigenvalue weighted by Crippen LogP contribution is -2.13. The zero-order chi connectivity index (χ0) is 15.8. The normalized spacial score (nSPS) is 14.8. The van der Waals surface area contributed by atoms with Gasteiger partial charge in [0.15, 0.2) is 0 Å². The summed E-state index contributed by atoms with van der Waals surface area (Å²) in [4.78, 5) is 16.2. The van der Waals surface area contributed by atoms with E-state index in [0.29, 0.717) is 21.8 Å². The van der Waals surface area contributed by atoms with Crippen LogP contribution in [0, 0.1) is 0 Å². The van der Waals surface area contributed by atoms with Crippen molar-refractivity contribution in [1.29, 1.82) is 0 Å². The number of nitrogens with zero attached hydrogens (tertiary/aromatic N) is 3. The lowest BCUT2D eigenvalue weighted by atomic mass is 10.1. The number of benzene rings is 2. The highest BCUT2D eigenvalue weighted by Crippen LogP contribution is 2.29. The molecule has 2 heterocycles. The standard InChI is InChI=1S/C16H9ClN4O2/c17-11-7-3-1-5-9(11)15-20-21-16(23-15)19-13-10-6-2-4-8-12(10)18-14(13)22/h1-8H,(H,18,19,21,22). The third-order valence-corrected chi connectivity index (χ3v) is 3.70. The number of fused-ring (bicyclic) bond motifs is 1. The van der Waals surface area contributed by atoms with Crippen molar-refractivity contribution in [3.63, 3.8) is 0 Å². The molecule has 0 saturated heterocycles. The molecule has 3 aromatic rings. The lowest BCUT2D eigenvalue weighted by Gasteiger charge is -1.96. The van der Waals surface area contributed by atoms with Gasteiger partial charge < -0.3 is 9.73 Å². The van der Waals surface area contributed by atoms with E-state index in [-0.39, 0.29) is 23.5 Å². The summed E-state index contributed by atoms with van der Waals surface area (Å²) < 4.78 is 5.50. The van der Waals surface area contributed by atoms with Gasteiger partial charge in [0.1, 0.15) is 5.71 Å². The Labute approximate surface area is 135 Å². The first-order chi connectivity index (χ1) is 11.2. The second kappa shape index (κ2) is 5.33. The summed E-state index contributed by atoms with van der Waals surface area (Å²) >= 11 is 6.10.